The molecule has 0 bridgehead atoms. The summed E-state index contributed by atoms with van der Waals surface area (Å²) in [4.78, 5) is 33.1. The average molecular weight is 451 g/mol. The molecule has 32 heavy (non-hydrogen) atoms. The number of aromatic amines is 1. The van der Waals surface area contributed by atoms with Crippen LogP contribution in [0.5, 0.6) is 11.5 Å². The number of carbonyl (C=O) groups is 1. The second-order valence-electron chi connectivity index (χ2n) is 7.05. The first-order chi connectivity index (χ1) is 15.4. The Kier molecular flexibility index (Phi) is 5.83. The van der Waals surface area contributed by atoms with E-state index in [0.717, 1.165) is 11.3 Å². The number of nitrogens with one attached hydrogen (secondary N) is 2. The second kappa shape index (κ2) is 8.72. The number of ether oxygens (including phenoxy) is 2. The molecule has 0 saturated heterocycles. The van der Waals surface area contributed by atoms with E-state index in [1.165, 1.54) is 15.9 Å². The van der Waals surface area contributed by atoms with Crippen molar-refractivity contribution in [2.24, 2.45) is 0 Å². The van der Waals surface area contributed by atoms with Crippen LogP contribution in [0, 0.1) is 13.8 Å². The van der Waals surface area contributed by atoms with Gasteiger partial charge in [0, 0.05) is 17.5 Å². The molecule has 4 rings (SSSR count). The molecule has 0 spiro atoms. The summed E-state index contributed by atoms with van der Waals surface area (Å²) in [5.41, 5.74) is 3.03. The Morgan fingerprint density at radius 3 is 2.53 bits per heavy atom. The molecule has 2 aromatic heterocycles. The largest absolute Gasteiger partial charge is 0.493 e. The lowest BCUT2D eigenvalue weighted by molar-refractivity contribution is 0.102. The van der Waals surface area contributed by atoms with Crippen molar-refractivity contribution in [1.82, 2.24) is 14.5 Å². The molecule has 8 nitrogen and oxygen atoms in total. The van der Waals surface area contributed by atoms with Gasteiger partial charge in [0.2, 0.25) is 0 Å². The minimum atomic E-state index is -0.291. The molecule has 2 aromatic carbocycles. The third-order valence-electron chi connectivity index (χ3n) is 4.99. The van der Waals surface area contributed by atoms with Crippen molar-refractivity contribution in [2.75, 3.05) is 19.5 Å². The van der Waals surface area contributed by atoms with Crippen LogP contribution >= 0.6 is 11.3 Å². The molecule has 4 aromatic rings. The Labute approximate surface area is 188 Å². The SMILES string of the molecule is COc1ccc(-c2nc(C)c(C(=O)Nc3ccccc3-n3c(C)c[nH]c3=O)s2)cc1OC. The smallest absolute Gasteiger partial charge is 0.330 e. The summed E-state index contributed by atoms with van der Waals surface area (Å²) in [5, 5.41) is 3.62. The molecule has 9 heteroatoms. The number of carbonyl (C=O) groups excluding carboxylic acids is 1. The van der Waals surface area contributed by atoms with Crippen LogP contribution in [0.2, 0.25) is 0 Å². The van der Waals surface area contributed by atoms with Crippen LogP contribution in [0.3, 0.4) is 0 Å². The number of aryl methyl sites for hydroxylation is 2. The fourth-order valence-corrected chi connectivity index (χ4v) is 4.37. The summed E-state index contributed by atoms with van der Waals surface area (Å²) < 4.78 is 12.2. The lowest BCUT2D eigenvalue weighted by atomic mass is 10.2. The zero-order chi connectivity index (χ0) is 22.8. The van der Waals surface area contributed by atoms with E-state index in [9.17, 15) is 9.59 Å². The fourth-order valence-electron chi connectivity index (χ4n) is 3.41. The van der Waals surface area contributed by atoms with Gasteiger partial charge >= 0.3 is 5.69 Å². The van der Waals surface area contributed by atoms with E-state index in [1.807, 2.05) is 25.1 Å². The lowest BCUT2D eigenvalue weighted by Crippen LogP contribution is -2.19. The van der Waals surface area contributed by atoms with Gasteiger partial charge in [-0.25, -0.2) is 9.78 Å². The molecule has 0 radical (unpaired) electrons. The number of benzene rings is 2. The number of thiazole rings is 1. The van der Waals surface area contributed by atoms with Crippen LogP contribution in [0.25, 0.3) is 16.3 Å². The number of H-pyrrole nitrogens is 1. The highest BCUT2D eigenvalue weighted by Gasteiger charge is 2.19. The zero-order valence-corrected chi connectivity index (χ0v) is 18.9. The monoisotopic (exact) mass is 450 g/mol. The number of methoxy groups -OCH3 is 2. The minimum absolute atomic E-state index is 0.270. The molecule has 0 aliphatic rings. The van der Waals surface area contributed by atoms with Gasteiger partial charge in [-0.2, -0.15) is 0 Å². The normalized spacial score (nSPS) is 10.8. The van der Waals surface area contributed by atoms with Crippen molar-refractivity contribution < 1.29 is 14.3 Å². The lowest BCUT2D eigenvalue weighted by Gasteiger charge is -2.12. The molecular weight excluding hydrogens is 428 g/mol. The van der Waals surface area contributed by atoms with E-state index >= 15 is 0 Å². The summed E-state index contributed by atoms with van der Waals surface area (Å²) >= 11 is 1.29. The number of para-hydroxylation sites is 2. The summed E-state index contributed by atoms with van der Waals surface area (Å²) in [5.74, 6) is 0.917. The average Bonchev–Trinajstić information content (AvgIpc) is 3.35. The Morgan fingerprint density at radius 1 is 1.09 bits per heavy atom. The van der Waals surface area contributed by atoms with E-state index in [0.29, 0.717) is 38.5 Å². The summed E-state index contributed by atoms with van der Waals surface area (Å²) in [6.45, 7) is 3.61. The topological polar surface area (TPSA) is 98.2 Å². The van der Waals surface area contributed by atoms with Crippen LogP contribution in [0.4, 0.5) is 5.69 Å². The summed E-state index contributed by atoms with van der Waals surface area (Å²) in [6, 6.07) is 12.7. The number of amides is 1. The van der Waals surface area contributed by atoms with Crippen molar-refractivity contribution in [3.05, 3.63) is 75.4 Å². The van der Waals surface area contributed by atoms with Crippen molar-refractivity contribution >= 4 is 22.9 Å². The molecule has 164 valence electrons. The van der Waals surface area contributed by atoms with E-state index in [-0.39, 0.29) is 11.6 Å². The maximum atomic E-state index is 13.1. The van der Waals surface area contributed by atoms with Crippen molar-refractivity contribution in [3.63, 3.8) is 0 Å². The van der Waals surface area contributed by atoms with Crippen LogP contribution in [0.15, 0.2) is 53.5 Å². The van der Waals surface area contributed by atoms with Crippen LogP contribution in [0.1, 0.15) is 21.1 Å². The zero-order valence-electron chi connectivity index (χ0n) is 18.1. The molecule has 1 amide bonds. The summed E-state index contributed by atoms with van der Waals surface area (Å²) in [6.07, 6.45) is 1.63. The van der Waals surface area contributed by atoms with Crippen molar-refractivity contribution in [2.45, 2.75) is 13.8 Å². The number of hydrogen-bond acceptors (Lipinski definition) is 6. The van der Waals surface area contributed by atoms with Gasteiger partial charge in [0.05, 0.1) is 31.3 Å². The maximum Gasteiger partial charge on any atom is 0.330 e. The van der Waals surface area contributed by atoms with Gasteiger partial charge in [-0.1, -0.05) is 12.1 Å². The predicted octanol–water partition coefficient (Wildman–Crippen LogP) is 4.18. The van der Waals surface area contributed by atoms with E-state index in [1.54, 1.807) is 51.6 Å². The number of imidazole rings is 1. The Morgan fingerprint density at radius 2 is 1.84 bits per heavy atom. The quantitative estimate of drug-likeness (QED) is 0.459. The molecule has 2 N–H and O–H groups in total. The van der Waals surface area contributed by atoms with Gasteiger partial charge in [0.25, 0.3) is 5.91 Å². The van der Waals surface area contributed by atoms with Gasteiger partial charge in [-0.3, -0.25) is 9.36 Å². The first-order valence-corrected chi connectivity index (χ1v) is 10.6. The highest BCUT2D eigenvalue weighted by atomic mass is 32.1. The molecule has 0 aliphatic heterocycles. The fraction of sp³-hybridized carbons (Fsp3) is 0.174. The number of anilines is 1. The van der Waals surface area contributed by atoms with Crippen molar-refractivity contribution in [1.29, 1.82) is 0 Å². The molecule has 0 aliphatic carbocycles. The van der Waals surface area contributed by atoms with E-state index in [4.69, 9.17) is 9.47 Å². The van der Waals surface area contributed by atoms with Crippen LogP contribution in [-0.4, -0.2) is 34.7 Å². The van der Waals surface area contributed by atoms with Crippen LogP contribution in [-0.2, 0) is 0 Å². The molecule has 0 fully saturated rings. The summed E-state index contributed by atoms with van der Waals surface area (Å²) in [7, 11) is 3.15. The van der Waals surface area contributed by atoms with Gasteiger partial charge in [0.15, 0.2) is 11.5 Å². The third-order valence-corrected chi connectivity index (χ3v) is 6.19. The van der Waals surface area contributed by atoms with Gasteiger partial charge in [-0.15, -0.1) is 11.3 Å². The van der Waals surface area contributed by atoms with Crippen molar-refractivity contribution in [3.8, 4) is 27.8 Å². The molecule has 2 heterocycles. The number of nitrogens with zero attached hydrogens (tertiary/aromatic N) is 2. The number of hydrogen-bond donors (Lipinski definition) is 2. The third kappa shape index (κ3) is 3.90. The molecule has 0 atom stereocenters. The molecule has 0 unspecified atom stereocenters. The highest BCUT2D eigenvalue weighted by Crippen LogP contribution is 2.35. The maximum absolute atomic E-state index is 13.1. The Bertz CT molecular complexity index is 1350. The first kappa shape index (κ1) is 21.4. The highest BCUT2D eigenvalue weighted by molar-refractivity contribution is 7.17. The molecular formula is C23H22N4O4S. The van der Waals surface area contributed by atoms with E-state index < -0.39 is 0 Å². The second-order valence-corrected chi connectivity index (χ2v) is 8.04. The standard InChI is InChI=1S/C23H22N4O4S/c1-13-12-24-23(29)27(13)17-8-6-5-7-16(17)26-21(28)20-14(2)25-22(32-20)15-9-10-18(30-3)19(11-15)31-4/h5-12H,1-4H3,(H,24,29)(H,26,28). The van der Waals surface area contributed by atoms with Gasteiger partial charge < -0.3 is 19.8 Å². The molecule has 0 saturated carbocycles. The minimum Gasteiger partial charge on any atom is -0.493 e. The van der Waals surface area contributed by atoms with Gasteiger partial charge in [-0.05, 0) is 44.2 Å². The van der Waals surface area contributed by atoms with Gasteiger partial charge in [0.1, 0.15) is 9.88 Å². The Hall–Kier alpha value is -3.85. The van der Waals surface area contributed by atoms with Crippen LogP contribution < -0.4 is 20.5 Å². The predicted molar refractivity (Wildman–Crippen MR) is 124 cm³/mol. The number of rotatable bonds is 6. The van der Waals surface area contributed by atoms with E-state index in [2.05, 4.69) is 15.3 Å². The Balaban J connectivity index is 1.66. The first-order valence-electron chi connectivity index (χ1n) is 9.80. The number of aromatic nitrogens is 3.